The van der Waals surface area contributed by atoms with Gasteiger partial charge in [-0.05, 0) is 92.5 Å². The maximum atomic E-state index is 14.2. The summed E-state index contributed by atoms with van der Waals surface area (Å²) in [6, 6.07) is 0. The number of carboxylic acid groups (broad SMARTS) is 1. The summed E-state index contributed by atoms with van der Waals surface area (Å²) in [5, 5.41) is 10.2. The van der Waals surface area contributed by atoms with Crippen molar-refractivity contribution in [2.24, 2.45) is 45.8 Å². The van der Waals surface area contributed by atoms with E-state index in [0.717, 1.165) is 44.9 Å². The lowest BCUT2D eigenvalue weighted by molar-refractivity contribution is -0.167. The molecule has 3 rings (SSSR count). The molecule has 9 atom stereocenters. The Morgan fingerprint density at radius 3 is 2.24 bits per heavy atom. The van der Waals surface area contributed by atoms with Crippen molar-refractivity contribution in [1.29, 1.82) is 0 Å². The quantitative estimate of drug-likeness (QED) is 0.125. The predicted molar refractivity (Wildman–Crippen MR) is 167 cm³/mol. The molecule has 238 valence electrons. The first-order valence-electron chi connectivity index (χ1n) is 16.7. The van der Waals surface area contributed by atoms with Gasteiger partial charge in [0.05, 0.1) is 12.0 Å². The van der Waals surface area contributed by atoms with Crippen LogP contribution in [-0.2, 0) is 23.5 Å². The standard InChI is InChI=1S/C34H62O6Si/c1-23(13-11-10-12-14-29(32(2,3)4)40-41(8)9)25-15-16-26-30(35)27(18-20-33(25,26)5)34(6)19-17-24(39-22-38-7)21-28(34)31(36)37/h23-29,41H,10-22H2,1-9H3,(H,36,37)/t23-,24+,25-,26+,27?,28-,29?,33-,34-/m1/s1. The molecular formula is C34H62O6Si. The van der Waals surface area contributed by atoms with Crippen LogP contribution < -0.4 is 0 Å². The Hall–Kier alpha value is -0.763. The van der Waals surface area contributed by atoms with Gasteiger partial charge in [-0.1, -0.05) is 67.2 Å². The van der Waals surface area contributed by atoms with Crippen molar-refractivity contribution < 1.29 is 28.6 Å². The molecule has 0 bridgehead atoms. The van der Waals surface area contributed by atoms with E-state index in [0.29, 0.717) is 30.1 Å². The molecule has 0 amide bonds. The molecule has 0 aliphatic heterocycles. The van der Waals surface area contributed by atoms with E-state index in [-0.39, 0.29) is 35.6 Å². The molecule has 3 fully saturated rings. The number of hydrogen-bond acceptors (Lipinski definition) is 5. The number of carbonyl (C=O) groups excluding carboxylic acids is 1. The third-order valence-corrected chi connectivity index (χ3v) is 12.5. The number of fused-ring (bicyclic) bond motifs is 1. The van der Waals surface area contributed by atoms with Crippen LogP contribution in [0.4, 0.5) is 0 Å². The molecule has 0 radical (unpaired) electrons. The van der Waals surface area contributed by atoms with Crippen LogP contribution in [0.25, 0.3) is 0 Å². The van der Waals surface area contributed by atoms with E-state index < -0.39 is 26.3 Å². The first-order valence-corrected chi connectivity index (χ1v) is 19.5. The van der Waals surface area contributed by atoms with Gasteiger partial charge >= 0.3 is 5.97 Å². The van der Waals surface area contributed by atoms with E-state index in [2.05, 4.69) is 54.6 Å². The summed E-state index contributed by atoms with van der Waals surface area (Å²) in [7, 11) is 0.538. The first kappa shape index (κ1) is 34.7. The number of unbranched alkanes of at least 4 members (excludes halogenated alkanes) is 2. The Balaban J connectivity index is 1.57. The largest absolute Gasteiger partial charge is 0.481 e. The Morgan fingerprint density at radius 1 is 1.00 bits per heavy atom. The fraction of sp³-hybridized carbons (Fsp3) is 0.941. The second-order valence-corrected chi connectivity index (χ2v) is 18.1. The molecule has 0 aromatic rings. The second kappa shape index (κ2) is 14.3. The van der Waals surface area contributed by atoms with E-state index in [1.165, 1.54) is 25.7 Å². The summed E-state index contributed by atoms with van der Waals surface area (Å²) >= 11 is 0. The van der Waals surface area contributed by atoms with Crippen LogP contribution >= 0.6 is 0 Å². The zero-order valence-corrected chi connectivity index (χ0v) is 29.0. The van der Waals surface area contributed by atoms with E-state index in [4.69, 9.17) is 13.9 Å². The average molecular weight is 595 g/mol. The topological polar surface area (TPSA) is 82.1 Å². The van der Waals surface area contributed by atoms with Gasteiger partial charge in [-0.3, -0.25) is 9.59 Å². The summed E-state index contributed by atoms with van der Waals surface area (Å²) < 4.78 is 17.2. The van der Waals surface area contributed by atoms with E-state index in [1.807, 2.05) is 0 Å². The highest BCUT2D eigenvalue weighted by molar-refractivity contribution is 6.48. The van der Waals surface area contributed by atoms with Crippen LogP contribution in [0, 0.1) is 45.8 Å². The van der Waals surface area contributed by atoms with E-state index >= 15 is 0 Å². The number of hydrogen-bond donors (Lipinski definition) is 1. The molecule has 0 aromatic carbocycles. The summed E-state index contributed by atoms with van der Waals surface area (Å²) in [5.41, 5.74) is -0.260. The van der Waals surface area contributed by atoms with Crippen LogP contribution in [0.15, 0.2) is 0 Å². The summed E-state index contributed by atoms with van der Waals surface area (Å²) in [6.07, 6.45) is 12.3. The van der Waals surface area contributed by atoms with Crippen molar-refractivity contribution in [3.63, 3.8) is 0 Å². The Kier molecular flexibility index (Phi) is 12.1. The van der Waals surface area contributed by atoms with Gasteiger partial charge in [-0.25, -0.2) is 0 Å². The smallest absolute Gasteiger partial charge is 0.307 e. The molecule has 0 spiro atoms. The number of rotatable bonds is 14. The van der Waals surface area contributed by atoms with E-state index in [1.54, 1.807) is 7.11 Å². The molecule has 2 unspecified atom stereocenters. The minimum Gasteiger partial charge on any atom is -0.481 e. The zero-order chi connectivity index (χ0) is 30.6. The van der Waals surface area contributed by atoms with Gasteiger partial charge < -0.3 is 19.0 Å². The minimum absolute atomic E-state index is 0.0495. The number of ketones is 1. The molecule has 1 N–H and O–H groups in total. The maximum Gasteiger partial charge on any atom is 0.307 e. The lowest BCUT2D eigenvalue weighted by Crippen LogP contribution is -2.53. The molecule has 3 saturated carbocycles. The zero-order valence-electron chi connectivity index (χ0n) is 27.8. The lowest BCUT2D eigenvalue weighted by Gasteiger charge is -2.52. The normalized spacial score (nSPS) is 35.9. The average Bonchev–Trinajstić information content (AvgIpc) is 3.24. The van der Waals surface area contributed by atoms with Crippen LogP contribution in [0.1, 0.15) is 119 Å². The molecule has 7 heteroatoms. The number of carbonyl (C=O) groups is 2. The SMILES string of the molecule is COCO[C@H]1CC[C@](C)(C2CC[C@]3(C)[C@@H]([C@H](C)CCCCCC(O[SiH](C)C)C(C)(C)C)CC[C@H]3C2=O)[C@@H](C(=O)O)C1. The molecule has 3 aliphatic carbocycles. The molecule has 3 aliphatic rings. The van der Waals surface area contributed by atoms with Gasteiger partial charge in [-0.2, -0.15) is 0 Å². The minimum atomic E-state index is -1.05. The number of methoxy groups -OCH3 is 1. The van der Waals surface area contributed by atoms with E-state index in [9.17, 15) is 14.7 Å². The molecule has 0 saturated heterocycles. The van der Waals surface area contributed by atoms with Crippen molar-refractivity contribution in [2.45, 2.75) is 144 Å². The fourth-order valence-electron chi connectivity index (χ4n) is 9.14. The molecule has 0 aromatic heterocycles. The lowest BCUT2D eigenvalue weighted by atomic mass is 9.51. The number of Topliss-reactive ketones (excluding diaryl/α,β-unsaturated/α-hetero) is 1. The van der Waals surface area contributed by atoms with Gasteiger partial charge in [0.25, 0.3) is 0 Å². The van der Waals surface area contributed by atoms with Crippen LogP contribution in [-0.4, -0.2) is 52.0 Å². The van der Waals surface area contributed by atoms with Crippen molar-refractivity contribution in [1.82, 2.24) is 0 Å². The number of ether oxygens (including phenoxy) is 2. The number of aliphatic carboxylic acids is 1. The van der Waals surface area contributed by atoms with Crippen molar-refractivity contribution in [2.75, 3.05) is 13.9 Å². The highest BCUT2D eigenvalue weighted by atomic mass is 28.3. The van der Waals surface area contributed by atoms with Crippen molar-refractivity contribution in [3.05, 3.63) is 0 Å². The second-order valence-electron chi connectivity index (χ2n) is 15.8. The highest BCUT2D eigenvalue weighted by Gasteiger charge is 2.60. The molecule has 0 heterocycles. The predicted octanol–water partition coefficient (Wildman–Crippen LogP) is 7.88. The van der Waals surface area contributed by atoms with Crippen LogP contribution in [0.2, 0.25) is 13.1 Å². The Bertz CT molecular complexity index is 870. The van der Waals surface area contributed by atoms with Crippen LogP contribution in [0.3, 0.4) is 0 Å². The van der Waals surface area contributed by atoms with Gasteiger partial charge in [-0.15, -0.1) is 0 Å². The highest BCUT2D eigenvalue weighted by Crippen LogP contribution is 2.62. The Morgan fingerprint density at radius 2 is 1.63 bits per heavy atom. The third kappa shape index (κ3) is 8.04. The van der Waals surface area contributed by atoms with Gasteiger partial charge in [0.2, 0.25) is 0 Å². The van der Waals surface area contributed by atoms with Crippen molar-refractivity contribution in [3.8, 4) is 0 Å². The monoisotopic (exact) mass is 594 g/mol. The van der Waals surface area contributed by atoms with Crippen LogP contribution in [0.5, 0.6) is 0 Å². The van der Waals surface area contributed by atoms with Gasteiger partial charge in [0.1, 0.15) is 12.6 Å². The Labute approximate surface area is 252 Å². The summed E-state index contributed by atoms with van der Waals surface area (Å²) in [4.78, 5) is 26.6. The third-order valence-electron chi connectivity index (χ3n) is 11.6. The maximum absolute atomic E-state index is 14.2. The molecular weight excluding hydrogens is 532 g/mol. The van der Waals surface area contributed by atoms with Gasteiger partial charge in [0, 0.05) is 25.0 Å². The van der Waals surface area contributed by atoms with Crippen molar-refractivity contribution >= 4 is 20.8 Å². The summed E-state index contributed by atoms with van der Waals surface area (Å²) in [6.45, 7) is 18.5. The summed E-state index contributed by atoms with van der Waals surface area (Å²) in [5.74, 6) is 0.125. The first-order chi connectivity index (χ1) is 19.1. The fourth-order valence-corrected chi connectivity index (χ4v) is 10.3. The van der Waals surface area contributed by atoms with Gasteiger partial charge in [0.15, 0.2) is 9.04 Å². The molecule has 41 heavy (non-hydrogen) atoms. The molecule has 6 nitrogen and oxygen atoms in total. The number of carboxylic acids is 1.